The summed E-state index contributed by atoms with van der Waals surface area (Å²) in [6.45, 7) is 4.44. The second kappa shape index (κ2) is 4.63. The maximum Gasteiger partial charge on any atom is 0.0102 e. The zero-order chi connectivity index (χ0) is 8.55. The smallest absolute Gasteiger partial charge is 0.0102 e. The standard InChI is InChI=1S/C10H20N2.ClH/c1-2-12-9-3-4-10(12)6-8(5-9)7-11;/h8-10H,2-7,11H2,1H3;1H. The largest absolute Gasteiger partial charge is 0.330 e. The summed E-state index contributed by atoms with van der Waals surface area (Å²) < 4.78 is 0. The van der Waals surface area contributed by atoms with Crippen LogP contribution in [0.3, 0.4) is 0 Å². The summed E-state index contributed by atoms with van der Waals surface area (Å²) in [7, 11) is 0. The van der Waals surface area contributed by atoms with Gasteiger partial charge in [-0.05, 0) is 44.7 Å². The van der Waals surface area contributed by atoms with Crippen LogP contribution in [0.25, 0.3) is 0 Å². The van der Waals surface area contributed by atoms with Crippen molar-refractivity contribution in [3.8, 4) is 0 Å². The fourth-order valence-electron chi connectivity index (χ4n) is 3.10. The van der Waals surface area contributed by atoms with Crippen molar-refractivity contribution < 1.29 is 0 Å². The van der Waals surface area contributed by atoms with Crippen LogP contribution >= 0.6 is 12.4 Å². The van der Waals surface area contributed by atoms with Crippen molar-refractivity contribution >= 4 is 12.4 Å². The maximum absolute atomic E-state index is 5.72. The van der Waals surface area contributed by atoms with Gasteiger partial charge in [0.05, 0.1) is 0 Å². The summed E-state index contributed by atoms with van der Waals surface area (Å²) in [6, 6.07) is 1.75. The van der Waals surface area contributed by atoms with Crippen LogP contribution in [0.4, 0.5) is 0 Å². The van der Waals surface area contributed by atoms with Crippen molar-refractivity contribution in [2.24, 2.45) is 11.7 Å². The summed E-state index contributed by atoms with van der Waals surface area (Å²) in [5, 5.41) is 0. The number of nitrogens with two attached hydrogens (primary N) is 1. The van der Waals surface area contributed by atoms with Crippen LogP contribution in [-0.2, 0) is 0 Å². The first kappa shape index (κ1) is 11.3. The summed E-state index contributed by atoms with van der Waals surface area (Å²) in [6.07, 6.45) is 5.58. The van der Waals surface area contributed by atoms with Gasteiger partial charge in [-0.3, -0.25) is 4.90 Å². The molecule has 13 heavy (non-hydrogen) atoms. The first-order valence-corrected chi connectivity index (χ1v) is 5.31. The lowest BCUT2D eigenvalue weighted by Crippen LogP contribution is -2.44. The van der Waals surface area contributed by atoms with Crippen LogP contribution < -0.4 is 5.73 Å². The summed E-state index contributed by atoms with van der Waals surface area (Å²) in [5.74, 6) is 0.824. The van der Waals surface area contributed by atoms with E-state index in [0.29, 0.717) is 0 Å². The summed E-state index contributed by atoms with van der Waals surface area (Å²) in [4.78, 5) is 2.69. The van der Waals surface area contributed by atoms with E-state index >= 15 is 0 Å². The minimum absolute atomic E-state index is 0. The third-order valence-corrected chi connectivity index (χ3v) is 3.68. The average Bonchev–Trinajstić information content (AvgIpc) is 2.35. The highest BCUT2D eigenvalue weighted by molar-refractivity contribution is 5.85. The molecule has 3 heteroatoms. The molecule has 0 saturated carbocycles. The third kappa shape index (κ3) is 2.00. The molecule has 2 atom stereocenters. The van der Waals surface area contributed by atoms with Gasteiger partial charge in [-0.15, -0.1) is 12.4 Å². The molecule has 2 bridgehead atoms. The number of hydrogen-bond acceptors (Lipinski definition) is 2. The Morgan fingerprint density at radius 3 is 2.15 bits per heavy atom. The van der Waals surface area contributed by atoms with Crippen molar-refractivity contribution in [2.45, 2.75) is 44.7 Å². The van der Waals surface area contributed by atoms with E-state index < -0.39 is 0 Å². The third-order valence-electron chi connectivity index (χ3n) is 3.68. The Hall–Kier alpha value is 0.210. The Morgan fingerprint density at radius 2 is 1.77 bits per heavy atom. The van der Waals surface area contributed by atoms with Gasteiger partial charge in [0.1, 0.15) is 0 Å². The van der Waals surface area contributed by atoms with Crippen molar-refractivity contribution in [1.82, 2.24) is 4.90 Å². The van der Waals surface area contributed by atoms with Gasteiger partial charge in [0.2, 0.25) is 0 Å². The Bertz CT molecular complexity index is 149. The van der Waals surface area contributed by atoms with E-state index in [2.05, 4.69) is 11.8 Å². The number of halogens is 1. The Kier molecular flexibility index (Phi) is 4.02. The van der Waals surface area contributed by atoms with E-state index in [1.165, 1.54) is 32.2 Å². The SMILES string of the molecule is CCN1C2CCC1CC(CN)C2.Cl. The highest BCUT2D eigenvalue weighted by atomic mass is 35.5. The van der Waals surface area contributed by atoms with Crippen LogP contribution in [0.15, 0.2) is 0 Å². The molecule has 0 radical (unpaired) electrons. The van der Waals surface area contributed by atoms with Crippen molar-refractivity contribution in [3.05, 3.63) is 0 Å². The Balaban J connectivity index is 0.000000845. The number of piperidine rings is 1. The van der Waals surface area contributed by atoms with Gasteiger partial charge in [0, 0.05) is 12.1 Å². The van der Waals surface area contributed by atoms with E-state index in [1.807, 2.05) is 0 Å². The van der Waals surface area contributed by atoms with Crippen LogP contribution in [0.2, 0.25) is 0 Å². The molecule has 0 aliphatic carbocycles. The molecule has 0 aromatic heterocycles. The molecule has 2 fully saturated rings. The van der Waals surface area contributed by atoms with Gasteiger partial charge < -0.3 is 5.73 Å². The lowest BCUT2D eigenvalue weighted by molar-refractivity contribution is 0.113. The highest BCUT2D eigenvalue weighted by Crippen LogP contribution is 2.37. The molecule has 2 heterocycles. The first-order valence-electron chi connectivity index (χ1n) is 5.31. The van der Waals surface area contributed by atoms with Crippen molar-refractivity contribution in [1.29, 1.82) is 0 Å². The van der Waals surface area contributed by atoms with Crippen LogP contribution in [-0.4, -0.2) is 30.1 Å². The molecule has 2 saturated heterocycles. The van der Waals surface area contributed by atoms with E-state index in [1.54, 1.807) is 0 Å². The number of rotatable bonds is 2. The van der Waals surface area contributed by atoms with E-state index in [9.17, 15) is 0 Å². The fraction of sp³-hybridized carbons (Fsp3) is 1.00. The fourth-order valence-corrected chi connectivity index (χ4v) is 3.10. The highest BCUT2D eigenvalue weighted by Gasteiger charge is 2.38. The predicted molar refractivity (Wildman–Crippen MR) is 58.2 cm³/mol. The molecule has 2 aliphatic rings. The summed E-state index contributed by atoms with van der Waals surface area (Å²) >= 11 is 0. The zero-order valence-corrected chi connectivity index (χ0v) is 9.22. The molecule has 0 spiro atoms. The predicted octanol–water partition coefficient (Wildman–Crippen LogP) is 1.63. The van der Waals surface area contributed by atoms with E-state index in [-0.39, 0.29) is 12.4 Å². The molecule has 0 aromatic carbocycles. The lowest BCUT2D eigenvalue weighted by atomic mass is 9.91. The van der Waals surface area contributed by atoms with E-state index in [4.69, 9.17) is 5.73 Å². The molecule has 2 N–H and O–H groups in total. The molecular formula is C10H21ClN2. The average molecular weight is 205 g/mol. The molecule has 0 amide bonds. The van der Waals surface area contributed by atoms with Gasteiger partial charge in [0.15, 0.2) is 0 Å². The van der Waals surface area contributed by atoms with Gasteiger partial charge in [0.25, 0.3) is 0 Å². The van der Waals surface area contributed by atoms with Gasteiger partial charge in [-0.25, -0.2) is 0 Å². The molecule has 2 aliphatic heterocycles. The van der Waals surface area contributed by atoms with Gasteiger partial charge in [-0.1, -0.05) is 6.92 Å². The Morgan fingerprint density at radius 1 is 1.23 bits per heavy atom. The quantitative estimate of drug-likeness (QED) is 0.741. The topological polar surface area (TPSA) is 29.3 Å². The molecule has 78 valence electrons. The molecule has 2 rings (SSSR count). The molecule has 2 unspecified atom stereocenters. The second-order valence-corrected chi connectivity index (χ2v) is 4.29. The Labute approximate surface area is 87.3 Å². The minimum atomic E-state index is 0. The van der Waals surface area contributed by atoms with Gasteiger partial charge >= 0.3 is 0 Å². The number of nitrogens with zero attached hydrogens (tertiary/aromatic N) is 1. The zero-order valence-electron chi connectivity index (χ0n) is 8.41. The summed E-state index contributed by atoms with van der Waals surface area (Å²) in [5.41, 5.74) is 5.72. The van der Waals surface area contributed by atoms with Crippen LogP contribution in [0.5, 0.6) is 0 Å². The van der Waals surface area contributed by atoms with E-state index in [0.717, 1.165) is 24.5 Å². The van der Waals surface area contributed by atoms with Crippen molar-refractivity contribution in [3.63, 3.8) is 0 Å². The maximum atomic E-state index is 5.72. The molecule has 0 aromatic rings. The van der Waals surface area contributed by atoms with Crippen LogP contribution in [0, 0.1) is 5.92 Å². The number of hydrogen-bond donors (Lipinski definition) is 1. The first-order chi connectivity index (χ1) is 5.85. The van der Waals surface area contributed by atoms with Crippen LogP contribution in [0.1, 0.15) is 32.6 Å². The van der Waals surface area contributed by atoms with Gasteiger partial charge in [-0.2, -0.15) is 0 Å². The molecule has 2 nitrogen and oxygen atoms in total. The van der Waals surface area contributed by atoms with Crippen molar-refractivity contribution in [2.75, 3.05) is 13.1 Å². The number of fused-ring (bicyclic) bond motifs is 2. The second-order valence-electron chi connectivity index (χ2n) is 4.29. The lowest BCUT2D eigenvalue weighted by Gasteiger charge is -2.37. The monoisotopic (exact) mass is 204 g/mol. The minimum Gasteiger partial charge on any atom is -0.330 e. The normalized spacial score (nSPS) is 38.8. The molecular weight excluding hydrogens is 184 g/mol.